The molecule has 1 fully saturated rings. The number of aryl methyl sites for hydroxylation is 1. The van der Waals surface area contributed by atoms with Crippen LogP contribution in [0.2, 0.25) is 0 Å². The van der Waals surface area contributed by atoms with Crippen molar-refractivity contribution in [3.05, 3.63) is 59.7 Å². The van der Waals surface area contributed by atoms with E-state index in [1.807, 2.05) is 0 Å². The first-order valence-corrected chi connectivity index (χ1v) is 9.56. The maximum Gasteiger partial charge on any atom is -0.0149 e. The largest absolute Gasteiger partial charge is 0.0654 e. The molecule has 1 saturated carbocycles. The highest BCUT2D eigenvalue weighted by Gasteiger charge is 2.19. The molecule has 0 aliphatic heterocycles. The van der Waals surface area contributed by atoms with Crippen molar-refractivity contribution in [3.63, 3.8) is 0 Å². The first-order chi connectivity index (χ1) is 11.4. The van der Waals surface area contributed by atoms with Crippen LogP contribution < -0.4 is 0 Å². The molecule has 0 saturated heterocycles. The Kier molecular flexibility index (Phi) is 5.91. The highest BCUT2D eigenvalue weighted by Crippen LogP contribution is 2.38. The molecule has 0 radical (unpaired) electrons. The average Bonchev–Trinajstić information content (AvgIpc) is 2.63. The quantitative estimate of drug-likeness (QED) is 0.498. The Morgan fingerprint density at radius 3 is 2.39 bits per heavy atom. The van der Waals surface area contributed by atoms with E-state index in [0.29, 0.717) is 0 Å². The summed E-state index contributed by atoms with van der Waals surface area (Å²) >= 11 is 0. The molecule has 2 aromatic carbocycles. The van der Waals surface area contributed by atoms with E-state index in [-0.39, 0.29) is 0 Å². The lowest BCUT2D eigenvalue weighted by atomic mass is 9.80. The lowest BCUT2D eigenvalue weighted by Crippen LogP contribution is -2.07. The van der Waals surface area contributed by atoms with Gasteiger partial charge in [0.2, 0.25) is 0 Å². The SMILES string of the molecule is CCCCCc1ccc(-c2ccccc2)c(C2CCCCC2)c1. The first-order valence-electron chi connectivity index (χ1n) is 9.56. The van der Waals surface area contributed by atoms with Gasteiger partial charge in [0, 0.05) is 0 Å². The lowest BCUT2D eigenvalue weighted by Gasteiger charge is -2.25. The molecule has 0 atom stereocenters. The van der Waals surface area contributed by atoms with Crippen molar-refractivity contribution in [3.8, 4) is 11.1 Å². The van der Waals surface area contributed by atoms with Gasteiger partial charge in [-0.05, 0) is 53.9 Å². The highest BCUT2D eigenvalue weighted by molar-refractivity contribution is 5.68. The van der Waals surface area contributed by atoms with Crippen LogP contribution in [0.1, 0.15) is 75.3 Å². The Morgan fingerprint density at radius 2 is 1.65 bits per heavy atom. The van der Waals surface area contributed by atoms with Crippen molar-refractivity contribution < 1.29 is 0 Å². The van der Waals surface area contributed by atoms with Crippen LogP contribution in [0.3, 0.4) is 0 Å². The zero-order valence-corrected chi connectivity index (χ0v) is 14.6. The molecule has 122 valence electrons. The fourth-order valence-corrected chi connectivity index (χ4v) is 3.98. The van der Waals surface area contributed by atoms with E-state index in [1.165, 1.54) is 68.9 Å². The minimum absolute atomic E-state index is 0.769. The molecule has 23 heavy (non-hydrogen) atoms. The molecule has 1 aliphatic carbocycles. The molecule has 0 amide bonds. The van der Waals surface area contributed by atoms with Gasteiger partial charge in [-0.3, -0.25) is 0 Å². The molecule has 3 rings (SSSR count). The number of benzene rings is 2. The van der Waals surface area contributed by atoms with Gasteiger partial charge < -0.3 is 0 Å². The molecule has 0 N–H and O–H groups in total. The summed E-state index contributed by atoms with van der Waals surface area (Å²) in [6.07, 6.45) is 12.2. The third-order valence-electron chi connectivity index (χ3n) is 5.31. The summed E-state index contributed by atoms with van der Waals surface area (Å²) < 4.78 is 0. The summed E-state index contributed by atoms with van der Waals surface area (Å²) in [7, 11) is 0. The number of unbranched alkanes of at least 4 members (excludes halogenated alkanes) is 2. The normalized spacial score (nSPS) is 15.7. The zero-order valence-electron chi connectivity index (χ0n) is 14.6. The van der Waals surface area contributed by atoms with Crippen LogP contribution in [0.15, 0.2) is 48.5 Å². The van der Waals surface area contributed by atoms with Gasteiger partial charge in [0.1, 0.15) is 0 Å². The molecule has 0 aromatic heterocycles. The highest BCUT2D eigenvalue weighted by atomic mass is 14.2. The Labute approximate surface area is 141 Å². The fourth-order valence-electron chi connectivity index (χ4n) is 3.98. The molecule has 0 spiro atoms. The molecule has 0 nitrogen and oxygen atoms in total. The number of hydrogen-bond acceptors (Lipinski definition) is 0. The Morgan fingerprint density at radius 1 is 0.870 bits per heavy atom. The van der Waals surface area contributed by atoms with Crippen LogP contribution in [-0.4, -0.2) is 0 Å². The summed E-state index contributed by atoms with van der Waals surface area (Å²) in [6.45, 7) is 2.28. The standard InChI is InChI=1S/C23H30/c1-2-3-6-11-19-16-17-22(20-12-7-4-8-13-20)23(18-19)21-14-9-5-10-15-21/h4,7-8,12-13,16-18,21H,2-3,5-6,9-11,14-15H2,1H3. The van der Waals surface area contributed by atoms with Crippen molar-refractivity contribution in [1.82, 2.24) is 0 Å². The first kappa shape index (κ1) is 16.3. The monoisotopic (exact) mass is 306 g/mol. The molecule has 1 aliphatic rings. The minimum atomic E-state index is 0.769. The Bertz CT molecular complexity index is 591. The van der Waals surface area contributed by atoms with Gasteiger partial charge in [-0.1, -0.05) is 87.6 Å². The Hall–Kier alpha value is -1.56. The van der Waals surface area contributed by atoms with Crippen molar-refractivity contribution in [2.24, 2.45) is 0 Å². The van der Waals surface area contributed by atoms with Gasteiger partial charge in [-0.15, -0.1) is 0 Å². The van der Waals surface area contributed by atoms with Gasteiger partial charge >= 0.3 is 0 Å². The smallest absolute Gasteiger partial charge is 0.0149 e. The molecular weight excluding hydrogens is 276 g/mol. The van der Waals surface area contributed by atoms with Gasteiger partial charge in [0.25, 0.3) is 0 Å². The Balaban J connectivity index is 1.91. The van der Waals surface area contributed by atoms with Gasteiger partial charge in [0.05, 0.1) is 0 Å². The van der Waals surface area contributed by atoms with Crippen LogP contribution in [0.25, 0.3) is 11.1 Å². The van der Waals surface area contributed by atoms with E-state index in [4.69, 9.17) is 0 Å². The van der Waals surface area contributed by atoms with Gasteiger partial charge in [-0.2, -0.15) is 0 Å². The fraction of sp³-hybridized carbons (Fsp3) is 0.478. The van der Waals surface area contributed by atoms with Gasteiger partial charge in [0.15, 0.2) is 0 Å². The van der Waals surface area contributed by atoms with E-state index in [2.05, 4.69) is 55.5 Å². The minimum Gasteiger partial charge on any atom is -0.0654 e. The third-order valence-corrected chi connectivity index (χ3v) is 5.31. The second kappa shape index (κ2) is 8.34. The molecular formula is C23H30. The van der Waals surface area contributed by atoms with Crippen LogP contribution in [-0.2, 0) is 6.42 Å². The summed E-state index contributed by atoms with van der Waals surface area (Å²) in [5.74, 6) is 0.769. The second-order valence-corrected chi connectivity index (χ2v) is 7.08. The number of rotatable bonds is 6. The van der Waals surface area contributed by atoms with E-state index in [1.54, 1.807) is 11.1 Å². The predicted molar refractivity (Wildman–Crippen MR) is 101 cm³/mol. The topological polar surface area (TPSA) is 0 Å². The number of hydrogen-bond donors (Lipinski definition) is 0. The van der Waals surface area contributed by atoms with E-state index in [9.17, 15) is 0 Å². The second-order valence-electron chi connectivity index (χ2n) is 7.08. The summed E-state index contributed by atoms with van der Waals surface area (Å²) in [5, 5.41) is 0. The molecule has 0 unspecified atom stereocenters. The van der Waals surface area contributed by atoms with Crippen LogP contribution >= 0.6 is 0 Å². The zero-order chi connectivity index (χ0) is 15.9. The maximum atomic E-state index is 2.54. The predicted octanol–water partition coefficient (Wildman–Crippen LogP) is 7.13. The summed E-state index contributed by atoms with van der Waals surface area (Å²) in [5.41, 5.74) is 6.01. The maximum absolute atomic E-state index is 2.54. The van der Waals surface area contributed by atoms with E-state index in [0.717, 1.165) is 5.92 Å². The molecule has 0 heteroatoms. The average molecular weight is 306 g/mol. The van der Waals surface area contributed by atoms with Crippen molar-refractivity contribution in [2.45, 2.75) is 70.6 Å². The van der Waals surface area contributed by atoms with E-state index < -0.39 is 0 Å². The summed E-state index contributed by atoms with van der Waals surface area (Å²) in [4.78, 5) is 0. The van der Waals surface area contributed by atoms with Crippen molar-refractivity contribution in [2.75, 3.05) is 0 Å². The lowest BCUT2D eigenvalue weighted by molar-refractivity contribution is 0.444. The third kappa shape index (κ3) is 4.25. The van der Waals surface area contributed by atoms with Crippen molar-refractivity contribution in [1.29, 1.82) is 0 Å². The van der Waals surface area contributed by atoms with Crippen LogP contribution in [0.5, 0.6) is 0 Å². The van der Waals surface area contributed by atoms with Crippen LogP contribution in [0.4, 0.5) is 0 Å². The van der Waals surface area contributed by atoms with Crippen LogP contribution in [0, 0.1) is 0 Å². The molecule has 0 heterocycles. The molecule has 0 bridgehead atoms. The van der Waals surface area contributed by atoms with E-state index >= 15 is 0 Å². The van der Waals surface area contributed by atoms with Crippen molar-refractivity contribution >= 4 is 0 Å². The van der Waals surface area contributed by atoms with Gasteiger partial charge in [-0.25, -0.2) is 0 Å². The molecule has 2 aromatic rings. The summed E-state index contributed by atoms with van der Waals surface area (Å²) in [6, 6.07) is 18.3.